The predicted octanol–water partition coefficient (Wildman–Crippen LogP) is 2.73. The fraction of sp³-hybridized carbons (Fsp3) is 0.231. The van der Waals surface area contributed by atoms with E-state index in [1.165, 1.54) is 0 Å². The van der Waals surface area contributed by atoms with Crippen LogP contribution in [0.5, 0.6) is 0 Å². The van der Waals surface area contributed by atoms with Gasteiger partial charge in [-0.3, -0.25) is 9.79 Å². The second-order valence-corrected chi connectivity index (χ2v) is 4.73. The molecule has 88 valence electrons. The standard InChI is InChI=1S/C13H13NO2S/c1-9(12-11(15)8-17-13(12)16)14-7-10-5-3-2-4-6-10/h2-6,15H,7-8H2,1H3. The lowest BCUT2D eigenvalue weighted by Gasteiger charge is -2.01. The van der Waals surface area contributed by atoms with E-state index in [0.29, 0.717) is 23.6 Å². The summed E-state index contributed by atoms with van der Waals surface area (Å²) in [6.07, 6.45) is 0. The van der Waals surface area contributed by atoms with Crippen molar-refractivity contribution < 1.29 is 9.90 Å². The maximum atomic E-state index is 11.5. The minimum absolute atomic E-state index is 0.0863. The van der Waals surface area contributed by atoms with Gasteiger partial charge in [0.25, 0.3) is 0 Å². The molecular weight excluding hydrogens is 234 g/mol. The Balaban J connectivity index is 2.13. The molecule has 1 aliphatic rings. The highest BCUT2D eigenvalue weighted by Crippen LogP contribution is 2.25. The van der Waals surface area contributed by atoms with E-state index >= 15 is 0 Å². The van der Waals surface area contributed by atoms with Crippen LogP contribution < -0.4 is 0 Å². The molecule has 3 nitrogen and oxygen atoms in total. The summed E-state index contributed by atoms with van der Waals surface area (Å²) in [5, 5.41) is 9.50. The summed E-state index contributed by atoms with van der Waals surface area (Å²) in [5.74, 6) is 0.515. The molecule has 0 radical (unpaired) electrons. The molecule has 0 unspecified atom stereocenters. The molecule has 0 saturated carbocycles. The van der Waals surface area contributed by atoms with Gasteiger partial charge in [0.1, 0.15) is 5.76 Å². The molecule has 0 fully saturated rings. The average Bonchev–Trinajstić information content (AvgIpc) is 2.67. The third-order valence-corrected chi connectivity index (χ3v) is 3.42. The summed E-state index contributed by atoms with van der Waals surface area (Å²) in [5.41, 5.74) is 2.08. The van der Waals surface area contributed by atoms with Crippen molar-refractivity contribution in [2.45, 2.75) is 13.5 Å². The number of rotatable bonds is 3. The average molecular weight is 247 g/mol. The first-order valence-corrected chi connectivity index (χ1v) is 6.31. The highest BCUT2D eigenvalue weighted by Gasteiger charge is 2.25. The van der Waals surface area contributed by atoms with Gasteiger partial charge in [-0.25, -0.2) is 0 Å². The maximum absolute atomic E-state index is 11.5. The van der Waals surface area contributed by atoms with E-state index in [2.05, 4.69) is 4.99 Å². The fourth-order valence-electron chi connectivity index (χ4n) is 1.62. The minimum atomic E-state index is -0.0863. The van der Waals surface area contributed by atoms with Crippen molar-refractivity contribution in [1.82, 2.24) is 0 Å². The fourth-order valence-corrected chi connectivity index (χ4v) is 2.45. The molecule has 2 rings (SSSR count). The van der Waals surface area contributed by atoms with Crippen LogP contribution in [-0.4, -0.2) is 21.7 Å². The van der Waals surface area contributed by atoms with Gasteiger partial charge in [0.05, 0.1) is 17.9 Å². The van der Waals surface area contributed by atoms with Crippen LogP contribution in [0.25, 0.3) is 0 Å². The van der Waals surface area contributed by atoms with Crippen LogP contribution >= 0.6 is 11.8 Å². The van der Waals surface area contributed by atoms with Crippen LogP contribution in [0.2, 0.25) is 0 Å². The molecule has 1 aliphatic heterocycles. The molecule has 4 heteroatoms. The third-order valence-electron chi connectivity index (χ3n) is 2.54. The van der Waals surface area contributed by atoms with Crippen molar-refractivity contribution in [3.8, 4) is 0 Å². The normalized spacial score (nSPS) is 16.8. The van der Waals surface area contributed by atoms with Crippen molar-refractivity contribution in [3.63, 3.8) is 0 Å². The number of hydrogen-bond acceptors (Lipinski definition) is 4. The quantitative estimate of drug-likeness (QED) is 0.835. The van der Waals surface area contributed by atoms with Gasteiger partial charge in [-0.05, 0) is 12.5 Å². The van der Waals surface area contributed by atoms with E-state index in [1.807, 2.05) is 30.3 Å². The Bertz CT molecular complexity index is 491. The second-order valence-electron chi connectivity index (χ2n) is 3.79. The molecule has 1 heterocycles. The predicted molar refractivity (Wildman–Crippen MR) is 70.4 cm³/mol. The smallest absolute Gasteiger partial charge is 0.225 e. The number of aliphatic hydroxyl groups excluding tert-OH is 1. The van der Waals surface area contributed by atoms with Gasteiger partial charge in [0.2, 0.25) is 5.12 Å². The molecule has 1 aromatic carbocycles. The molecule has 0 spiro atoms. The van der Waals surface area contributed by atoms with Gasteiger partial charge in [-0.1, -0.05) is 42.1 Å². The summed E-state index contributed by atoms with van der Waals surface area (Å²) < 4.78 is 0. The van der Waals surface area contributed by atoms with E-state index in [0.717, 1.165) is 17.3 Å². The first kappa shape index (κ1) is 11.9. The third kappa shape index (κ3) is 2.77. The van der Waals surface area contributed by atoms with Crippen molar-refractivity contribution in [3.05, 3.63) is 47.2 Å². The Morgan fingerprint density at radius 2 is 2.12 bits per heavy atom. The van der Waals surface area contributed by atoms with Crippen LogP contribution in [0, 0.1) is 0 Å². The molecule has 0 aromatic heterocycles. The van der Waals surface area contributed by atoms with Gasteiger partial charge in [0, 0.05) is 5.71 Å². The van der Waals surface area contributed by atoms with Gasteiger partial charge >= 0.3 is 0 Å². The van der Waals surface area contributed by atoms with Crippen LogP contribution in [0.15, 0.2) is 46.7 Å². The van der Waals surface area contributed by atoms with E-state index in [9.17, 15) is 9.90 Å². The van der Waals surface area contributed by atoms with E-state index in [4.69, 9.17) is 0 Å². The topological polar surface area (TPSA) is 49.7 Å². The monoisotopic (exact) mass is 247 g/mol. The Hall–Kier alpha value is -1.55. The molecule has 0 saturated heterocycles. The van der Waals surface area contributed by atoms with Crippen molar-refractivity contribution in [2.75, 3.05) is 5.75 Å². The SMILES string of the molecule is CC(=NCc1ccccc1)C1=C(O)CSC1=O. The lowest BCUT2D eigenvalue weighted by Crippen LogP contribution is -2.05. The summed E-state index contributed by atoms with van der Waals surface area (Å²) in [4.78, 5) is 15.8. The maximum Gasteiger partial charge on any atom is 0.225 e. The minimum Gasteiger partial charge on any atom is -0.511 e. The largest absolute Gasteiger partial charge is 0.511 e. The van der Waals surface area contributed by atoms with Crippen LogP contribution in [0.1, 0.15) is 12.5 Å². The number of hydrogen-bond donors (Lipinski definition) is 1. The molecule has 0 aliphatic carbocycles. The van der Waals surface area contributed by atoms with E-state index < -0.39 is 0 Å². The van der Waals surface area contributed by atoms with Gasteiger partial charge in [-0.15, -0.1) is 0 Å². The zero-order chi connectivity index (χ0) is 12.3. The highest BCUT2D eigenvalue weighted by atomic mass is 32.2. The van der Waals surface area contributed by atoms with Gasteiger partial charge in [-0.2, -0.15) is 0 Å². The first-order valence-electron chi connectivity index (χ1n) is 5.33. The summed E-state index contributed by atoms with van der Waals surface area (Å²) in [6, 6.07) is 9.82. The summed E-state index contributed by atoms with van der Waals surface area (Å²) in [6.45, 7) is 2.29. The van der Waals surface area contributed by atoms with Crippen molar-refractivity contribution in [2.24, 2.45) is 4.99 Å². The molecule has 0 amide bonds. The zero-order valence-electron chi connectivity index (χ0n) is 9.51. The van der Waals surface area contributed by atoms with Gasteiger partial charge in [0.15, 0.2) is 0 Å². The van der Waals surface area contributed by atoms with Crippen LogP contribution in [0.4, 0.5) is 0 Å². The Labute approximate surface area is 104 Å². The number of aliphatic hydroxyl groups is 1. The van der Waals surface area contributed by atoms with Crippen molar-refractivity contribution in [1.29, 1.82) is 0 Å². The zero-order valence-corrected chi connectivity index (χ0v) is 10.3. The first-order chi connectivity index (χ1) is 8.18. The number of carbonyl (C=O) groups excluding carboxylic acids is 1. The lowest BCUT2D eigenvalue weighted by atomic mass is 10.1. The molecule has 0 bridgehead atoms. The number of nitrogens with zero attached hydrogens (tertiary/aromatic N) is 1. The van der Waals surface area contributed by atoms with Crippen LogP contribution in [-0.2, 0) is 11.3 Å². The molecule has 17 heavy (non-hydrogen) atoms. The summed E-state index contributed by atoms with van der Waals surface area (Å²) in [7, 11) is 0. The Kier molecular flexibility index (Phi) is 3.64. The van der Waals surface area contributed by atoms with Crippen LogP contribution in [0.3, 0.4) is 0 Å². The number of carbonyl (C=O) groups is 1. The number of aliphatic imine (C=N–C) groups is 1. The Morgan fingerprint density at radius 3 is 2.71 bits per heavy atom. The van der Waals surface area contributed by atoms with E-state index in [-0.39, 0.29) is 10.9 Å². The van der Waals surface area contributed by atoms with Crippen molar-refractivity contribution >= 4 is 22.6 Å². The molecule has 0 atom stereocenters. The highest BCUT2D eigenvalue weighted by molar-refractivity contribution is 8.14. The summed E-state index contributed by atoms with van der Waals surface area (Å²) >= 11 is 1.12. The Morgan fingerprint density at radius 1 is 1.41 bits per heavy atom. The molecular formula is C13H13NO2S. The molecule has 1 N–H and O–H groups in total. The van der Waals surface area contributed by atoms with E-state index in [1.54, 1.807) is 6.92 Å². The molecule has 1 aromatic rings. The lowest BCUT2D eigenvalue weighted by molar-refractivity contribution is -0.107. The second kappa shape index (κ2) is 5.19. The van der Waals surface area contributed by atoms with Gasteiger partial charge < -0.3 is 5.11 Å². The number of thioether (sulfide) groups is 1. The number of benzene rings is 1.